The Bertz CT molecular complexity index is 764. The molecule has 1 heterocycles. The lowest BCUT2D eigenvalue weighted by Crippen LogP contribution is -2.05. The molecule has 5 heteroatoms. The summed E-state index contributed by atoms with van der Waals surface area (Å²) in [5.74, 6) is -0.234. The van der Waals surface area contributed by atoms with Gasteiger partial charge in [-0.2, -0.15) is 0 Å². The molecule has 0 radical (unpaired) electrons. The Hall–Kier alpha value is -2.10. The van der Waals surface area contributed by atoms with E-state index in [1.165, 1.54) is 0 Å². The van der Waals surface area contributed by atoms with Crippen LogP contribution < -0.4 is 0 Å². The first-order valence-electron chi connectivity index (χ1n) is 6.16. The second kappa shape index (κ2) is 5.72. The zero-order valence-corrected chi connectivity index (χ0v) is 12.2. The monoisotopic (exact) mass is 317 g/mol. The Labute approximate surface area is 131 Å². The van der Waals surface area contributed by atoms with Crippen LogP contribution in [0.4, 0.5) is 0 Å². The second-order valence-corrected chi connectivity index (χ2v) is 5.27. The van der Waals surface area contributed by atoms with Gasteiger partial charge in [0.2, 0.25) is 5.90 Å². The van der Waals surface area contributed by atoms with Crippen molar-refractivity contribution in [2.24, 2.45) is 4.99 Å². The maximum atomic E-state index is 11.9. The molecule has 2 aromatic rings. The van der Waals surface area contributed by atoms with Crippen LogP contribution in [0.25, 0.3) is 6.08 Å². The molecule has 0 fully saturated rings. The van der Waals surface area contributed by atoms with E-state index in [1.54, 1.807) is 54.6 Å². The molecule has 0 aliphatic carbocycles. The lowest BCUT2D eigenvalue weighted by molar-refractivity contribution is -0.129. The van der Waals surface area contributed by atoms with Gasteiger partial charge < -0.3 is 4.74 Å². The number of aliphatic imine (C=N–C) groups is 1. The van der Waals surface area contributed by atoms with Crippen LogP contribution in [0.2, 0.25) is 10.0 Å². The van der Waals surface area contributed by atoms with E-state index in [2.05, 4.69) is 4.99 Å². The quantitative estimate of drug-likeness (QED) is 0.610. The minimum absolute atomic E-state index is 0.243. The lowest BCUT2D eigenvalue weighted by atomic mass is 10.2. The number of cyclic esters (lactones) is 1. The third-order valence-electron chi connectivity index (χ3n) is 2.87. The van der Waals surface area contributed by atoms with Gasteiger partial charge in [0.1, 0.15) is 0 Å². The number of carbonyl (C=O) groups is 1. The summed E-state index contributed by atoms with van der Waals surface area (Å²) in [7, 11) is 0. The zero-order valence-electron chi connectivity index (χ0n) is 10.7. The van der Waals surface area contributed by atoms with E-state index in [4.69, 9.17) is 27.9 Å². The van der Waals surface area contributed by atoms with Crippen LogP contribution in [0.3, 0.4) is 0 Å². The van der Waals surface area contributed by atoms with Crippen LogP contribution in [0.15, 0.2) is 59.2 Å². The number of hydrogen-bond donors (Lipinski definition) is 0. The summed E-state index contributed by atoms with van der Waals surface area (Å²) < 4.78 is 5.17. The maximum Gasteiger partial charge on any atom is 0.363 e. The van der Waals surface area contributed by atoms with Crippen molar-refractivity contribution in [2.75, 3.05) is 0 Å². The third-order valence-corrected chi connectivity index (χ3v) is 3.35. The molecule has 0 saturated heterocycles. The first-order valence-corrected chi connectivity index (χ1v) is 6.91. The van der Waals surface area contributed by atoms with Gasteiger partial charge in [0.25, 0.3) is 0 Å². The molecule has 0 aromatic heterocycles. The summed E-state index contributed by atoms with van der Waals surface area (Å²) in [5.41, 5.74) is 1.73. The molecule has 2 aromatic carbocycles. The third kappa shape index (κ3) is 3.15. The Morgan fingerprint density at radius 3 is 2.48 bits per heavy atom. The molecule has 1 aliphatic heterocycles. The largest absolute Gasteiger partial charge is 0.402 e. The van der Waals surface area contributed by atoms with Gasteiger partial charge >= 0.3 is 5.97 Å². The van der Waals surface area contributed by atoms with E-state index in [0.29, 0.717) is 15.6 Å². The summed E-state index contributed by atoms with van der Waals surface area (Å²) in [4.78, 5) is 16.1. The van der Waals surface area contributed by atoms with Crippen molar-refractivity contribution in [1.29, 1.82) is 0 Å². The van der Waals surface area contributed by atoms with E-state index in [9.17, 15) is 4.79 Å². The minimum Gasteiger partial charge on any atom is -0.402 e. The Morgan fingerprint density at radius 2 is 1.76 bits per heavy atom. The van der Waals surface area contributed by atoms with Gasteiger partial charge in [-0.1, -0.05) is 41.4 Å². The lowest BCUT2D eigenvalue weighted by Gasteiger charge is -1.98. The highest BCUT2D eigenvalue weighted by molar-refractivity contribution is 6.31. The van der Waals surface area contributed by atoms with Crippen molar-refractivity contribution in [3.8, 4) is 0 Å². The van der Waals surface area contributed by atoms with E-state index < -0.39 is 5.97 Å². The molecule has 0 spiro atoms. The van der Waals surface area contributed by atoms with Crippen molar-refractivity contribution in [1.82, 2.24) is 0 Å². The van der Waals surface area contributed by atoms with Crippen molar-refractivity contribution in [2.45, 2.75) is 0 Å². The van der Waals surface area contributed by atoms with Crippen molar-refractivity contribution in [3.05, 3.63) is 75.4 Å². The number of rotatable bonds is 2. The van der Waals surface area contributed by atoms with Crippen molar-refractivity contribution in [3.63, 3.8) is 0 Å². The molecule has 0 saturated carbocycles. The minimum atomic E-state index is -0.486. The molecule has 104 valence electrons. The Balaban J connectivity index is 1.93. The van der Waals surface area contributed by atoms with E-state index in [-0.39, 0.29) is 11.6 Å². The number of nitrogens with zero attached hydrogens (tertiary/aromatic N) is 1. The molecule has 3 rings (SSSR count). The number of benzene rings is 2. The van der Waals surface area contributed by atoms with Gasteiger partial charge in [0.15, 0.2) is 5.70 Å². The van der Waals surface area contributed by atoms with Gasteiger partial charge in [-0.25, -0.2) is 9.79 Å². The fourth-order valence-corrected chi connectivity index (χ4v) is 2.19. The molecular formula is C16H9Cl2NO2. The number of halogens is 2. The summed E-state index contributed by atoms with van der Waals surface area (Å²) in [6, 6.07) is 14.1. The highest BCUT2D eigenvalue weighted by Crippen LogP contribution is 2.21. The molecule has 0 N–H and O–H groups in total. The fourth-order valence-electron chi connectivity index (χ4n) is 1.87. The zero-order chi connectivity index (χ0) is 14.8. The van der Waals surface area contributed by atoms with Crippen LogP contribution in [0, 0.1) is 0 Å². The molecule has 0 atom stereocenters. The number of hydrogen-bond acceptors (Lipinski definition) is 3. The number of ether oxygens (including phenoxy) is 1. The van der Waals surface area contributed by atoms with E-state index in [1.807, 2.05) is 0 Å². The smallest absolute Gasteiger partial charge is 0.363 e. The molecule has 21 heavy (non-hydrogen) atoms. The Kier molecular flexibility index (Phi) is 3.78. The second-order valence-electron chi connectivity index (χ2n) is 4.40. The van der Waals surface area contributed by atoms with Gasteiger partial charge in [-0.05, 0) is 42.0 Å². The van der Waals surface area contributed by atoms with Gasteiger partial charge in [-0.3, -0.25) is 0 Å². The summed E-state index contributed by atoms with van der Waals surface area (Å²) >= 11 is 11.7. The normalized spacial score (nSPS) is 16.0. The van der Waals surface area contributed by atoms with Crippen molar-refractivity contribution < 1.29 is 9.53 Å². The first kappa shape index (κ1) is 13.9. The van der Waals surface area contributed by atoms with Crippen LogP contribution >= 0.6 is 23.2 Å². The predicted molar refractivity (Wildman–Crippen MR) is 83.5 cm³/mol. The molecular weight excluding hydrogens is 309 g/mol. The standard InChI is InChI=1S/C16H9Cl2NO2/c17-12-6-4-10(5-7-12)8-14-16(20)21-15(19-14)11-2-1-3-13(18)9-11/h1-9H. The Morgan fingerprint density at radius 1 is 1.00 bits per heavy atom. The highest BCUT2D eigenvalue weighted by Gasteiger charge is 2.24. The molecule has 1 aliphatic rings. The number of esters is 1. The van der Waals surface area contributed by atoms with E-state index >= 15 is 0 Å². The van der Waals surface area contributed by atoms with Crippen LogP contribution in [0.1, 0.15) is 11.1 Å². The SMILES string of the molecule is O=C1OC(c2cccc(Cl)c2)=NC1=Cc1ccc(Cl)cc1. The topological polar surface area (TPSA) is 38.7 Å². The molecule has 0 amide bonds. The fraction of sp³-hybridized carbons (Fsp3) is 0. The first-order chi connectivity index (χ1) is 10.1. The summed E-state index contributed by atoms with van der Waals surface area (Å²) in [6.45, 7) is 0. The van der Waals surface area contributed by atoms with Crippen molar-refractivity contribution >= 4 is 41.1 Å². The van der Waals surface area contributed by atoms with Gasteiger partial charge in [0, 0.05) is 15.6 Å². The van der Waals surface area contributed by atoms with Gasteiger partial charge in [0.05, 0.1) is 0 Å². The van der Waals surface area contributed by atoms with E-state index in [0.717, 1.165) is 5.56 Å². The predicted octanol–water partition coefficient (Wildman–Crippen LogP) is 4.34. The molecule has 0 bridgehead atoms. The average Bonchev–Trinajstić information content (AvgIpc) is 2.83. The summed E-state index contributed by atoms with van der Waals surface area (Å²) in [6.07, 6.45) is 1.65. The van der Waals surface area contributed by atoms with Crippen LogP contribution in [-0.2, 0) is 9.53 Å². The van der Waals surface area contributed by atoms with Crippen LogP contribution in [-0.4, -0.2) is 11.9 Å². The maximum absolute atomic E-state index is 11.9. The molecule has 3 nitrogen and oxygen atoms in total. The summed E-state index contributed by atoms with van der Waals surface area (Å²) in [5, 5.41) is 1.19. The highest BCUT2D eigenvalue weighted by atomic mass is 35.5. The average molecular weight is 318 g/mol. The van der Waals surface area contributed by atoms with Crippen LogP contribution in [0.5, 0.6) is 0 Å². The molecule has 0 unspecified atom stereocenters. The van der Waals surface area contributed by atoms with Gasteiger partial charge in [-0.15, -0.1) is 0 Å². The number of carbonyl (C=O) groups excluding carboxylic acids is 1.